The van der Waals surface area contributed by atoms with Crippen molar-refractivity contribution in [3.05, 3.63) is 46.5 Å². The van der Waals surface area contributed by atoms with Gasteiger partial charge in [-0.05, 0) is 43.7 Å². The van der Waals surface area contributed by atoms with E-state index in [0.29, 0.717) is 18.8 Å². The van der Waals surface area contributed by atoms with E-state index in [0.717, 1.165) is 27.3 Å². The van der Waals surface area contributed by atoms with Crippen molar-refractivity contribution < 1.29 is 14.3 Å². The summed E-state index contributed by atoms with van der Waals surface area (Å²) in [6, 6.07) is 9.94. The topological polar surface area (TPSA) is 43.7 Å². The third-order valence-electron chi connectivity index (χ3n) is 4.50. The Hall–Kier alpha value is -2.47. The second-order valence-electron chi connectivity index (χ2n) is 6.26. The maximum atomic E-state index is 12.8. The Morgan fingerprint density at radius 3 is 2.35 bits per heavy atom. The molecule has 0 saturated carbocycles. The highest BCUT2D eigenvalue weighted by Crippen LogP contribution is 2.31. The minimum absolute atomic E-state index is 0.0309. The van der Waals surface area contributed by atoms with Crippen molar-refractivity contribution in [1.29, 1.82) is 0 Å². The van der Waals surface area contributed by atoms with Crippen molar-refractivity contribution >= 4 is 27.5 Å². The third kappa shape index (κ3) is 3.42. The number of carbonyl (C=O) groups is 1. The van der Waals surface area contributed by atoms with Gasteiger partial charge in [0.25, 0.3) is 5.91 Å². The molecular formula is C20H24N2O3S. The van der Waals surface area contributed by atoms with Gasteiger partial charge in [-0.3, -0.25) is 4.79 Å². The molecule has 1 aromatic carbocycles. The molecule has 0 bridgehead atoms. The molecule has 138 valence electrons. The van der Waals surface area contributed by atoms with Gasteiger partial charge in [0.2, 0.25) is 0 Å². The number of benzene rings is 1. The van der Waals surface area contributed by atoms with E-state index >= 15 is 0 Å². The van der Waals surface area contributed by atoms with Gasteiger partial charge >= 0.3 is 0 Å². The number of nitrogens with zero attached hydrogens (tertiary/aromatic N) is 2. The molecule has 0 aliphatic rings. The Kier molecular flexibility index (Phi) is 5.23. The number of aromatic nitrogens is 1. The Morgan fingerprint density at radius 1 is 1.12 bits per heavy atom. The highest BCUT2D eigenvalue weighted by Gasteiger charge is 2.20. The van der Waals surface area contributed by atoms with E-state index in [-0.39, 0.29) is 5.91 Å². The number of amides is 1. The van der Waals surface area contributed by atoms with Crippen LogP contribution in [-0.4, -0.2) is 43.2 Å². The molecule has 0 unspecified atom stereocenters. The van der Waals surface area contributed by atoms with Gasteiger partial charge in [0, 0.05) is 31.1 Å². The van der Waals surface area contributed by atoms with Gasteiger partial charge in [-0.1, -0.05) is 0 Å². The summed E-state index contributed by atoms with van der Waals surface area (Å²) in [6.45, 7) is 5.31. The fourth-order valence-corrected chi connectivity index (χ4v) is 3.95. The molecular weight excluding hydrogens is 348 g/mol. The lowest BCUT2D eigenvalue weighted by molar-refractivity contribution is 0.0793. The average molecular weight is 372 g/mol. The van der Waals surface area contributed by atoms with Crippen LogP contribution < -0.4 is 9.47 Å². The summed E-state index contributed by atoms with van der Waals surface area (Å²) in [5.74, 6) is 1.51. The standard InChI is InChI=1S/C20H24N2O3S/c1-6-21(3)20(23)18-11-19-17(7-13(2)26-19)22(18)12-14-8-15(24-4)10-16(9-14)25-5/h7-11H,6,12H2,1-5H3. The van der Waals surface area contributed by atoms with E-state index in [9.17, 15) is 4.79 Å². The van der Waals surface area contributed by atoms with E-state index in [1.165, 1.54) is 4.88 Å². The number of thiophene rings is 1. The van der Waals surface area contributed by atoms with Crippen LogP contribution in [0.25, 0.3) is 10.2 Å². The van der Waals surface area contributed by atoms with Crippen LogP contribution in [0.1, 0.15) is 27.9 Å². The van der Waals surface area contributed by atoms with Crippen molar-refractivity contribution in [3.63, 3.8) is 0 Å². The Morgan fingerprint density at radius 2 is 1.77 bits per heavy atom. The SMILES string of the molecule is CCN(C)C(=O)c1cc2sc(C)cc2n1Cc1cc(OC)cc(OC)c1. The van der Waals surface area contributed by atoms with Gasteiger partial charge in [0.15, 0.2) is 0 Å². The summed E-state index contributed by atoms with van der Waals surface area (Å²) in [7, 11) is 5.10. The summed E-state index contributed by atoms with van der Waals surface area (Å²) in [5, 5.41) is 0. The lowest BCUT2D eigenvalue weighted by Gasteiger charge is -2.17. The lowest BCUT2D eigenvalue weighted by Crippen LogP contribution is -2.28. The normalized spacial score (nSPS) is 11.0. The van der Waals surface area contributed by atoms with Crippen LogP contribution in [0, 0.1) is 6.92 Å². The van der Waals surface area contributed by atoms with E-state index in [1.807, 2.05) is 38.2 Å². The molecule has 3 rings (SSSR count). The highest BCUT2D eigenvalue weighted by atomic mass is 32.1. The van der Waals surface area contributed by atoms with E-state index in [1.54, 1.807) is 30.5 Å². The number of hydrogen-bond acceptors (Lipinski definition) is 4. The number of carbonyl (C=O) groups excluding carboxylic acids is 1. The first-order valence-electron chi connectivity index (χ1n) is 8.54. The number of fused-ring (bicyclic) bond motifs is 1. The lowest BCUT2D eigenvalue weighted by atomic mass is 10.2. The summed E-state index contributed by atoms with van der Waals surface area (Å²) < 4.78 is 14.0. The molecule has 5 nitrogen and oxygen atoms in total. The zero-order valence-electron chi connectivity index (χ0n) is 15.8. The number of hydrogen-bond donors (Lipinski definition) is 0. The highest BCUT2D eigenvalue weighted by molar-refractivity contribution is 7.19. The number of rotatable bonds is 6. The summed E-state index contributed by atoms with van der Waals surface area (Å²) >= 11 is 1.71. The summed E-state index contributed by atoms with van der Waals surface area (Å²) in [5.41, 5.74) is 2.82. The molecule has 0 fully saturated rings. The van der Waals surface area contributed by atoms with E-state index < -0.39 is 0 Å². The largest absolute Gasteiger partial charge is 0.497 e. The first kappa shape index (κ1) is 18.3. The molecule has 3 aromatic rings. The monoisotopic (exact) mass is 372 g/mol. The predicted octanol–water partition coefficient (Wildman–Crippen LogP) is 4.17. The Labute approximate surface area is 157 Å². The van der Waals surface area contributed by atoms with Crippen LogP contribution in [0.5, 0.6) is 11.5 Å². The van der Waals surface area contributed by atoms with Crippen molar-refractivity contribution in [2.75, 3.05) is 27.8 Å². The molecule has 6 heteroatoms. The Balaban J connectivity index is 2.09. The molecule has 0 saturated heterocycles. The van der Waals surface area contributed by atoms with Gasteiger partial charge in [0.1, 0.15) is 17.2 Å². The van der Waals surface area contributed by atoms with Gasteiger partial charge in [-0.2, -0.15) is 0 Å². The second kappa shape index (κ2) is 7.41. The van der Waals surface area contributed by atoms with Gasteiger partial charge < -0.3 is 18.9 Å². The molecule has 0 atom stereocenters. The fourth-order valence-electron chi connectivity index (χ4n) is 2.99. The minimum Gasteiger partial charge on any atom is -0.497 e. The van der Waals surface area contributed by atoms with Crippen LogP contribution in [0.15, 0.2) is 30.3 Å². The van der Waals surface area contributed by atoms with Crippen LogP contribution in [0.2, 0.25) is 0 Å². The Bertz CT molecular complexity index is 920. The smallest absolute Gasteiger partial charge is 0.270 e. The molecule has 26 heavy (non-hydrogen) atoms. The summed E-state index contributed by atoms with van der Waals surface area (Å²) in [4.78, 5) is 15.8. The van der Waals surface area contributed by atoms with E-state index in [4.69, 9.17) is 9.47 Å². The maximum absolute atomic E-state index is 12.8. The number of aryl methyl sites for hydroxylation is 1. The van der Waals surface area contributed by atoms with Crippen molar-refractivity contribution in [1.82, 2.24) is 9.47 Å². The zero-order valence-corrected chi connectivity index (χ0v) is 16.6. The molecule has 0 aliphatic carbocycles. The quantitative estimate of drug-likeness (QED) is 0.652. The van der Waals surface area contributed by atoms with E-state index in [2.05, 4.69) is 17.6 Å². The minimum atomic E-state index is 0.0309. The van der Waals surface area contributed by atoms with Crippen LogP contribution in [0.3, 0.4) is 0 Å². The molecule has 2 aromatic heterocycles. The molecule has 0 aliphatic heterocycles. The van der Waals surface area contributed by atoms with Crippen molar-refractivity contribution in [3.8, 4) is 11.5 Å². The zero-order chi connectivity index (χ0) is 18.8. The van der Waals surface area contributed by atoms with Crippen LogP contribution >= 0.6 is 11.3 Å². The molecule has 0 spiro atoms. The van der Waals surface area contributed by atoms with Crippen LogP contribution in [0.4, 0.5) is 0 Å². The first-order chi connectivity index (χ1) is 12.5. The summed E-state index contributed by atoms with van der Waals surface area (Å²) in [6.07, 6.45) is 0. The second-order valence-corrected chi connectivity index (χ2v) is 7.55. The average Bonchev–Trinajstić information content (AvgIpc) is 3.17. The van der Waals surface area contributed by atoms with Crippen molar-refractivity contribution in [2.24, 2.45) is 0 Å². The number of methoxy groups -OCH3 is 2. The van der Waals surface area contributed by atoms with Gasteiger partial charge in [-0.15, -0.1) is 11.3 Å². The third-order valence-corrected chi connectivity index (χ3v) is 5.49. The van der Waals surface area contributed by atoms with Gasteiger partial charge in [-0.25, -0.2) is 0 Å². The molecule has 1 amide bonds. The van der Waals surface area contributed by atoms with Gasteiger partial charge in [0.05, 0.1) is 24.4 Å². The van der Waals surface area contributed by atoms with Crippen molar-refractivity contribution in [2.45, 2.75) is 20.4 Å². The maximum Gasteiger partial charge on any atom is 0.270 e. The van der Waals surface area contributed by atoms with Crippen LogP contribution in [-0.2, 0) is 6.54 Å². The predicted molar refractivity (Wildman–Crippen MR) is 106 cm³/mol. The number of ether oxygens (including phenoxy) is 2. The fraction of sp³-hybridized carbons (Fsp3) is 0.350. The molecule has 2 heterocycles. The first-order valence-corrected chi connectivity index (χ1v) is 9.35. The molecule has 0 N–H and O–H groups in total. The molecule has 0 radical (unpaired) electrons.